The summed E-state index contributed by atoms with van der Waals surface area (Å²) in [6, 6.07) is 16.4. The van der Waals surface area contributed by atoms with Crippen LogP contribution in [0.1, 0.15) is 17.0 Å². The number of hydrogen-bond donors (Lipinski definition) is 2. The van der Waals surface area contributed by atoms with Crippen LogP contribution < -0.4 is 5.32 Å². The molecule has 0 saturated heterocycles. The minimum atomic E-state index is -0.572. The molecule has 1 aliphatic carbocycles. The van der Waals surface area contributed by atoms with Gasteiger partial charge in [-0.05, 0) is 22.3 Å². The van der Waals surface area contributed by atoms with E-state index < -0.39 is 6.09 Å². The molecule has 2 aromatic carbocycles. The Morgan fingerprint density at radius 2 is 1.62 bits per heavy atom. The van der Waals surface area contributed by atoms with Crippen molar-refractivity contribution in [2.24, 2.45) is 0 Å². The van der Waals surface area contributed by atoms with E-state index in [9.17, 15) is 4.79 Å². The van der Waals surface area contributed by atoms with Gasteiger partial charge in [-0.2, -0.15) is 0 Å². The number of ether oxygens (including phenoxy) is 1. The maximum absolute atomic E-state index is 11.6. The number of hydrogen-bond acceptors (Lipinski definition) is 3. The predicted octanol–water partition coefficient (Wildman–Crippen LogP) is 3.74. The van der Waals surface area contributed by atoms with Crippen molar-refractivity contribution in [3.63, 3.8) is 0 Å². The maximum Gasteiger partial charge on any atom is 0.412 e. The van der Waals surface area contributed by atoms with Crippen LogP contribution >= 0.6 is 24.8 Å². The molecule has 0 bridgehead atoms. The van der Waals surface area contributed by atoms with E-state index in [1.54, 1.807) is 0 Å². The number of alkyl carbamates (subject to hydrolysis) is 1. The molecule has 0 heterocycles. The molecule has 3 rings (SSSR count). The Balaban J connectivity index is 1.85. The van der Waals surface area contributed by atoms with Crippen LogP contribution in [0.3, 0.4) is 0 Å². The second-order valence-corrected chi connectivity index (χ2v) is 5.91. The van der Waals surface area contributed by atoms with E-state index >= 15 is 0 Å². The summed E-state index contributed by atoms with van der Waals surface area (Å²) in [6.45, 7) is 0.274. The van der Waals surface area contributed by atoms with E-state index in [1.165, 1.54) is 22.3 Å². The second-order valence-electron chi connectivity index (χ2n) is 4.76. The number of nitrogens with one attached hydrogen (secondary N) is 1. The van der Waals surface area contributed by atoms with Crippen molar-refractivity contribution in [3.05, 3.63) is 59.7 Å². The molecular weight excluding hydrogens is 302 g/mol. The van der Waals surface area contributed by atoms with Crippen molar-refractivity contribution in [3.8, 4) is 11.1 Å². The first-order chi connectivity index (χ1) is 10.2. The summed E-state index contributed by atoms with van der Waals surface area (Å²) < 4.78 is 5.37. The molecule has 1 aliphatic rings. The van der Waals surface area contributed by atoms with Gasteiger partial charge in [0.05, 0.1) is 0 Å². The van der Waals surface area contributed by atoms with Crippen LogP contribution in [0.15, 0.2) is 48.5 Å². The number of carbonyl (C=O) groups excluding carboxylic acids is 1. The molecule has 0 saturated carbocycles. The molecule has 0 aliphatic heterocycles. The Hall–Kier alpha value is -1.85. The number of thiol groups is 1. The predicted molar refractivity (Wildman–Crippen MR) is 89.8 cm³/mol. The summed E-state index contributed by atoms with van der Waals surface area (Å²) in [5.41, 5.74) is 4.76. The van der Waals surface area contributed by atoms with Gasteiger partial charge in [0.25, 0.3) is 0 Å². The van der Waals surface area contributed by atoms with Gasteiger partial charge in [0.2, 0.25) is 0 Å². The number of fused-ring (bicyclic) bond motifs is 3. The van der Waals surface area contributed by atoms with Crippen molar-refractivity contribution >= 4 is 35.3 Å². The van der Waals surface area contributed by atoms with E-state index in [1.807, 2.05) is 24.3 Å². The first-order valence-corrected chi connectivity index (χ1v) is 7.37. The molecular formula is C16H13NO2S2. The lowest BCUT2D eigenvalue weighted by Crippen LogP contribution is -2.27. The van der Waals surface area contributed by atoms with Crippen LogP contribution in [0.2, 0.25) is 0 Å². The fourth-order valence-electron chi connectivity index (χ4n) is 2.72. The highest BCUT2D eigenvalue weighted by molar-refractivity contribution is 8.11. The van der Waals surface area contributed by atoms with Gasteiger partial charge in [0.1, 0.15) is 10.9 Å². The van der Waals surface area contributed by atoms with Gasteiger partial charge in [-0.15, -0.1) is 12.6 Å². The highest BCUT2D eigenvalue weighted by atomic mass is 32.1. The molecule has 0 spiro atoms. The molecule has 0 fully saturated rings. The van der Waals surface area contributed by atoms with Gasteiger partial charge in [0.15, 0.2) is 0 Å². The minimum Gasteiger partial charge on any atom is -0.448 e. The summed E-state index contributed by atoms with van der Waals surface area (Å²) >= 11 is 8.55. The smallest absolute Gasteiger partial charge is 0.412 e. The number of benzene rings is 2. The zero-order valence-electron chi connectivity index (χ0n) is 11.1. The van der Waals surface area contributed by atoms with Gasteiger partial charge < -0.3 is 4.74 Å². The van der Waals surface area contributed by atoms with E-state index in [4.69, 9.17) is 17.0 Å². The van der Waals surface area contributed by atoms with Crippen LogP contribution in [0, 0.1) is 0 Å². The third-order valence-corrected chi connectivity index (χ3v) is 3.77. The number of thiocarbonyl (C=S) groups is 1. The zero-order chi connectivity index (χ0) is 14.8. The van der Waals surface area contributed by atoms with Crippen molar-refractivity contribution in [2.45, 2.75) is 5.92 Å². The second kappa shape index (κ2) is 5.87. The van der Waals surface area contributed by atoms with Crippen molar-refractivity contribution in [1.82, 2.24) is 5.32 Å². The lowest BCUT2D eigenvalue weighted by molar-refractivity contribution is 0.149. The van der Waals surface area contributed by atoms with Crippen LogP contribution in [-0.4, -0.2) is 17.0 Å². The monoisotopic (exact) mass is 315 g/mol. The third kappa shape index (κ3) is 2.80. The molecule has 1 amide bonds. The number of carbonyl (C=O) groups is 1. The Labute approximate surface area is 133 Å². The topological polar surface area (TPSA) is 38.3 Å². The minimum absolute atomic E-state index is 0.0524. The fourth-order valence-corrected chi connectivity index (χ4v) is 2.90. The first kappa shape index (κ1) is 14.1. The highest BCUT2D eigenvalue weighted by Crippen LogP contribution is 2.44. The van der Waals surface area contributed by atoms with Gasteiger partial charge >= 0.3 is 6.09 Å². The lowest BCUT2D eigenvalue weighted by atomic mass is 9.98. The van der Waals surface area contributed by atoms with Gasteiger partial charge in [-0.3, -0.25) is 5.32 Å². The largest absolute Gasteiger partial charge is 0.448 e. The van der Waals surface area contributed by atoms with E-state index in [2.05, 4.69) is 42.2 Å². The molecule has 0 radical (unpaired) electrons. The van der Waals surface area contributed by atoms with Gasteiger partial charge in [-0.1, -0.05) is 60.7 Å². The molecule has 1 N–H and O–H groups in total. The molecule has 0 aromatic heterocycles. The highest BCUT2D eigenvalue weighted by Gasteiger charge is 2.28. The molecule has 3 nitrogen and oxygen atoms in total. The van der Waals surface area contributed by atoms with Crippen LogP contribution in [-0.2, 0) is 4.74 Å². The van der Waals surface area contributed by atoms with E-state index in [-0.39, 0.29) is 16.8 Å². The van der Waals surface area contributed by atoms with Crippen LogP contribution in [0.5, 0.6) is 0 Å². The van der Waals surface area contributed by atoms with E-state index in [0.717, 1.165) is 0 Å². The fraction of sp³-hybridized carbons (Fsp3) is 0.125. The number of rotatable bonds is 2. The van der Waals surface area contributed by atoms with Crippen molar-refractivity contribution < 1.29 is 9.53 Å². The first-order valence-electron chi connectivity index (χ1n) is 6.51. The average molecular weight is 315 g/mol. The Morgan fingerprint density at radius 1 is 1.10 bits per heavy atom. The van der Waals surface area contributed by atoms with Crippen LogP contribution in [0.4, 0.5) is 4.79 Å². The summed E-state index contributed by atoms with van der Waals surface area (Å²) in [4.78, 5) is 11.6. The Morgan fingerprint density at radius 3 is 2.14 bits per heavy atom. The lowest BCUT2D eigenvalue weighted by Gasteiger charge is -2.14. The molecule has 0 atom stereocenters. The Bertz CT molecular complexity index is 669. The molecule has 2 aromatic rings. The molecule has 106 valence electrons. The summed E-state index contributed by atoms with van der Waals surface area (Å²) in [7, 11) is 0. The summed E-state index contributed by atoms with van der Waals surface area (Å²) in [5.74, 6) is 0.0524. The summed E-state index contributed by atoms with van der Waals surface area (Å²) in [5, 5.41) is 2.35. The van der Waals surface area contributed by atoms with Crippen molar-refractivity contribution in [2.75, 3.05) is 6.61 Å². The molecule has 21 heavy (non-hydrogen) atoms. The average Bonchev–Trinajstić information content (AvgIpc) is 2.79. The van der Waals surface area contributed by atoms with Gasteiger partial charge in [-0.25, -0.2) is 4.79 Å². The SMILES string of the molecule is O=C(NC(=S)S)OCC1c2ccccc2-c2ccccc21. The normalized spacial score (nSPS) is 12.4. The van der Waals surface area contributed by atoms with E-state index in [0.29, 0.717) is 0 Å². The van der Waals surface area contributed by atoms with Gasteiger partial charge in [0, 0.05) is 5.92 Å². The maximum atomic E-state index is 11.6. The molecule has 0 unspecified atom stereocenters. The Kier molecular flexibility index (Phi) is 3.94. The zero-order valence-corrected chi connectivity index (χ0v) is 12.8. The number of amides is 1. The quantitative estimate of drug-likeness (QED) is 0.655. The third-order valence-electron chi connectivity index (χ3n) is 3.55. The van der Waals surface area contributed by atoms with Crippen molar-refractivity contribution in [1.29, 1.82) is 0 Å². The molecule has 5 heteroatoms. The summed E-state index contributed by atoms with van der Waals surface area (Å²) in [6.07, 6.45) is -0.572. The van der Waals surface area contributed by atoms with Crippen LogP contribution in [0.25, 0.3) is 11.1 Å². The standard InChI is InChI=1S/C16H13NO2S2/c18-15(17-16(20)21)19-9-14-12-7-3-1-5-10(12)11-6-2-4-8-13(11)14/h1-8,14H,9H2,(H2,17,18,20,21).